The first kappa shape index (κ1) is 44.2. The first-order chi connectivity index (χ1) is 12.8. The molecule has 0 unspecified atom stereocenters. The van der Waals surface area contributed by atoms with Gasteiger partial charge in [0.05, 0.1) is 12.1 Å². The summed E-state index contributed by atoms with van der Waals surface area (Å²) in [6.45, 7) is 2.86. The van der Waals surface area contributed by atoms with E-state index in [2.05, 4.69) is 34.2 Å². The summed E-state index contributed by atoms with van der Waals surface area (Å²) >= 11 is 4.04. The summed E-state index contributed by atoms with van der Waals surface area (Å²) in [5.74, 6) is 4.77. The van der Waals surface area contributed by atoms with E-state index < -0.39 is 0 Å². The Balaban J connectivity index is -0.000000128. The number of pyridine rings is 2. The molecule has 0 fully saturated rings. The number of thioether (sulfide) groups is 2. The van der Waals surface area contributed by atoms with E-state index in [1.54, 1.807) is 12.1 Å². The molecule has 2 rings (SSSR count). The molecule has 0 bridgehead atoms. The van der Waals surface area contributed by atoms with E-state index in [4.69, 9.17) is 10.5 Å². The van der Waals surface area contributed by atoms with Crippen molar-refractivity contribution in [3.8, 4) is 12.1 Å². The van der Waals surface area contributed by atoms with Gasteiger partial charge in [0.1, 0.15) is 0 Å². The summed E-state index contributed by atoms with van der Waals surface area (Å²) in [6.07, 6.45) is 5.88. The van der Waals surface area contributed by atoms with Crippen LogP contribution in [0.5, 0.6) is 0 Å². The topological polar surface area (TPSA) is 105 Å². The molecule has 2 aromatic rings. The van der Waals surface area contributed by atoms with Crippen LogP contribution in [-0.4, -0.2) is 38.5 Å². The Labute approximate surface area is 226 Å². The molecule has 0 atom stereocenters. The molecule has 0 spiro atoms. The number of hydrogen-bond donors (Lipinski definition) is 0. The van der Waals surface area contributed by atoms with Gasteiger partial charge in [-0.25, -0.2) is 0 Å². The van der Waals surface area contributed by atoms with Gasteiger partial charge in [0, 0.05) is 49.1 Å². The van der Waals surface area contributed by atoms with Crippen molar-refractivity contribution in [1.82, 2.24) is 9.97 Å². The van der Waals surface area contributed by atoms with E-state index in [9.17, 15) is 0 Å². The van der Waals surface area contributed by atoms with Gasteiger partial charge in [0.2, 0.25) is 0 Å². The van der Waals surface area contributed by atoms with Gasteiger partial charge in [-0.15, -0.1) is 0 Å². The Bertz CT molecular complexity index is 591. The van der Waals surface area contributed by atoms with E-state index in [1.807, 2.05) is 48.1 Å². The molecule has 2 aromatic heterocycles. The Morgan fingerprint density at radius 3 is 1.29 bits per heavy atom. The van der Waals surface area contributed by atoms with Gasteiger partial charge in [0.25, 0.3) is 0 Å². The SMILES string of the molecule is CC#N.CC#N.O.[Cl-].[Cl-].[Cl-].[Ru+3].c1ccc(CCSCCSCCc2ccccn2)nc1. The second kappa shape index (κ2) is 36.8. The van der Waals surface area contributed by atoms with Crippen molar-refractivity contribution in [2.75, 3.05) is 23.0 Å². The van der Waals surface area contributed by atoms with Crippen LogP contribution in [0.3, 0.4) is 0 Å². The minimum absolute atomic E-state index is 0. The molecule has 2 heterocycles. The summed E-state index contributed by atoms with van der Waals surface area (Å²) in [6, 6.07) is 15.7. The fourth-order valence-corrected chi connectivity index (χ4v) is 3.83. The van der Waals surface area contributed by atoms with Crippen molar-refractivity contribution < 1.29 is 62.2 Å². The van der Waals surface area contributed by atoms with Crippen molar-refractivity contribution >= 4 is 23.5 Å². The summed E-state index contributed by atoms with van der Waals surface area (Å²) in [5, 5.41) is 14.6. The molecule has 2 N–H and O–H groups in total. The van der Waals surface area contributed by atoms with Gasteiger partial charge in [-0.3, -0.25) is 9.97 Å². The van der Waals surface area contributed by atoms with Gasteiger partial charge < -0.3 is 42.7 Å². The van der Waals surface area contributed by atoms with E-state index >= 15 is 0 Å². The maximum Gasteiger partial charge on any atom is 3.00 e. The summed E-state index contributed by atoms with van der Waals surface area (Å²) in [7, 11) is 0. The average molecular weight is 612 g/mol. The number of halogens is 3. The van der Waals surface area contributed by atoms with E-state index in [-0.39, 0.29) is 62.2 Å². The molecule has 0 aliphatic rings. The first-order valence-electron chi connectivity index (χ1n) is 8.35. The average Bonchev–Trinajstić information content (AvgIpc) is 2.67. The number of nitriles is 2. The normalized spacial score (nSPS) is 7.35. The third-order valence-electron chi connectivity index (χ3n) is 2.83. The molecular formula is C20H28Cl3N4ORuS2. The Hall–Kier alpha value is -0.567. The van der Waals surface area contributed by atoms with Crippen molar-refractivity contribution in [2.24, 2.45) is 0 Å². The third kappa shape index (κ3) is 31.7. The zero-order valence-corrected chi connectivity index (χ0v) is 23.1. The zero-order chi connectivity index (χ0) is 19.3. The Kier molecular flexibility index (Phi) is 52.4. The van der Waals surface area contributed by atoms with Crippen LogP contribution < -0.4 is 37.2 Å². The van der Waals surface area contributed by atoms with E-state index in [1.165, 1.54) is 36.7 Å². The Morgan fingerprint density at radius 2 is 1.03 bits per heavy atom. The molecule has 175 valence electrons. The monoisotopic (exact) mass is 611 g/mol. The predicted octanol–water partition coefficient (Wildman–Crippen LogP) is -5.03. The maximum absolute atomic E-state index is 7.32. The van der Waals surface area contributed by atoms with Crippen LogP contribution in [0.1, 0.15) is 25.2 Å². The zero-order valence-electron chi connectivity index (χ0n) is 17.5. The quantitative estimate of drug-likeness (QED) is 0.208. The Morgan fingerprint density at radius 1 is 0.710 bits per heavy atom. The van der Waals surface area contributed by atoms with Crippen molar-refractivity contribution in [1.29, 1.82) is 10.5 Å². The summed E-state index contributed by atoms with van der Waals surface area (Å²) < 4.78 is 0. The van der Waals surface area contributed by atoms with Gasteiger partial charge in [0.15, 0.2) is 0 Å². The van der Waals surface area contributed by atoms with Gasteiger partial charge >= 0.3 is 19.5 Å². The summed E-state index contributed by atoms with van der Waals surface area (Å²) in [5.41, 5.74) is 2.39. The molecule has 0 aliphatic carbocycles. The fraction of sp³-hybridized carbons (Fsp3) is 0.400. The van der Waals surface area contributed by atoms with Gasteiger partial charge in [-0.05, 0) is 48.6 Å². The number of rotatable bonds is 9. The van der Waals surface area contributed by atoms with Crippen molar-refractivity contribution in [3.05, 3.63) is 60.2 Å². The minimum Gasteiger partial charge on any atom is -1.00 e. The molecule has 31 heavy (non-hydrogen) atoms. The number of nitrogens with zero attached hydrogens (tertiary/aromatic N) is 4. The smallest absolute Gasteiger partial charge is 1.00 e. The number of aromatic nitrogens is 2. The third-order valence-corrected chi connectivity index (χ3v) is 5.06. The van der Waals surface area contributed by atoms with Crippen LogP contribution in [0.2, 0.25) is 0 Å². The van der Waals surface area contributed by atoms with Crippen molar-refractivity contribution in [3.63, 3.8) is 0 Å². The molecule has 0 aromatic carbocycles. The van der Waals surface area contributed by atoms with Crippen LogP contribution in [0.25, 0.3) is 0 Å². The molecule has 0 aliphatic heterocycles. The molecule has 5 nitrogen and oxygen atoms in total. The van der Waals surface area contributed by atoms with Gasteiger partial charge in [-0.1, -0.05) is 12.1 Å². The van der Waals surface area contributed by atoms with Crippen molar-refractivity contribution in [2.45, 2.75) is 26.7 Å². The van der Waals surface area contributed by atoms with E-state index in [0.29, 0.717) is 0 Å². The van der Waals surface area contributed by atoms with Crippen LogP contribution in [0, 0.1) is 22.7 Å². The van der Waals surface area contributed by atoms with E-state index in [0.717, 1.165) is 24.3 Å². The molecule has 0 saturated carbocycles. The van der Waals surface area contributed by atoms with Crippen LogP contribution in [0.15, 0.2) is 48.8 Å². The second-order valence-corrected chi connectivity index (χ2v) is 7.26. The largest absolute Gasteiger partial charge is 3.00 e. The summed E-state index contributed by atoms with van der Waals surface area (Å²) in [4.78, 5) is 8.67. The van der Waals surface area contributed by atoms with Crippen LogP contribution in [0.4, 0.5) is 0 Å². The predicted molar refractivity (Wildman–Crippen MR) is 117 cm³/mol. The van der Waals surface area contributed by atoms with Gasteiger partial charge in [-0.2, -0.15) is 34.0 Å². The number of aryl methyl sites for hydroxylation is 2. The van der Waals surface area contributed by atoms with Crippen LogP contribution in [-0.2, 0) is 32.3 Å². The molecule has 0 saturated heterocycles. The minimum atomic E-state index is 0. The number of hydrogen-bond acceptors (Lipinski definition) is 6. The molecule has 1 radical (unpaired) electrons. The fourth-order valence-electron chi connectivity index (χ4n) is 1.77. The van der Waals surface area contributed by atoms with Crippen LogP contribution >= 0.6 is 23.5 Å². The standard InChI is InChI=1S/C16H20N2S2.2C2H3N.3ClH.H2O.Ru/c1-3-9-17-15(5-1)7-11-19-13-14-20-12-8-16-6-2-4-10-18-16;2*1-2-3;;;;;/h1-6,9-10H,7-8,11-14H2;2*1H3;3*1H;1H2;/q;;;;;;;+3/p-3. The first-order valence-corrected chi connectivity index (χ1v) is 10.7. The molecule has 0 amide bonds. The second-order valence-electron chi connectivity index (χ2n) is 4.81. The molecule has 11 heteroatoms. The maximum atomic E-state index is 7.32. The molecular weight excluding hydrogens is 584 g/mol.